The Morgan fingerprint density at radius 3 is 3.16 bits per heavy atom. The van der Waals surface area contributed by atoms with Gasteiger partial charge in [-0.3, -0.25) is 4.79 Å². The second kappa shape index (κ2) is 6.44. The average molecular weight is 280 g/mol. The molecule has 1 N–H and O–H groups in total. The van der Waals surface area contributed by atoms with Crippen LogP contribution < -0.4 is 5.32 Å². The Kier molecular flexibility index (Phi) is 4.64. The Bertz CT molecular complexity index is 524. The maximum Gasteiger partial charge on any atom is 0.252 e. The van der Waals surface area contributed by atoms with E-state index in [1.165, 1.54) is 11.3 Å². The Morgan fingerprint density at radius 2 is 2.47 bits per heavy atom. The summed E-state index contributed by atoms with van der Waals surface area (Å²) in [6.45, 7) is 3.13. The largest absolute Gasteiger partial charge is 0.383 e. The van der Waals surface area contributed by atoms with Gasteiger partial charge >= 0.3 is 0 Å². The first-order chi connectivity index (χ1) is 9.22. The van der Waals surface area contributed by atoms with Crippen LogP contribution in [0, 0.1) is 0 Å². The lowest BCUT2D eigenvalue weighted by atomic mass is 10.2. The molecular weight excluding hydrogens is 264 g/mol. The molecule has 19 heavy (non-hydrogen) atoms. The summed E-state index contributed by atoms with van der Waals surface area (Å²) < 4.78 is 6.90. The van der Waals surface area contributed by atoms with Gasteiger partial charge in [0.05, 0.1) is 18.2 Å². The van der Waals surface area contributed by atoms with Crippen LogP contribution in [0.1, 0.15) is 29.1 Å². The van der Waals surface area contributed by atoms with Crippen LogP contribution >= 0.6 is 11.3 Å². The number of rotatable bonds is 6. The smallest absolute Gasteiger partial charge is 0.252 e. The average Bonchev–Trinajstić information content (AvgIpc) is 3.07. The first-order valence-electron chi connectivity index (χ1n) is 5.92. The predicted molar refractivity (Wildman–Crippen MR) is 72.1 cm³/mol. The van der Waals surface area contributed by atoms with Crippen molar-refractivity contribution in [2.45, 2.75) is 19.5 Å². The molecule has 0 aromatic carbocycles. The molecule has 2 aromatic heterocycles. The third kappa shape index (κ3) is 3.39. The van der Waals surface area contributed by atoms with Gasteiger partial charge in [0.1, 0.15) is 6.33 Å². The summed E-state index contributed by atoms with van der Waals surface area (Å²) in [5.41, 5.74) is 0.666. The molecule has 7 heteroatoms. The zero-order valence-corrected chi connectivity index (χ0v) is 11.7. The van der Waals surface area contributed by atoms with Crippen molar-refractivity contribution in [1.29, 1.82) is 0 Å². The van der Waals surface area contributed by atoms with E-state index in [0.717, 1.165) is 5.82 Å². The van der Waals surface area contributed by atoms with Crippen molar-refractivity contribution in [2.24, 2.45) is 0 Å². The van der Waals surface area contributed by atoms with Crippen molar-refractivity contribution < 1.29 is 9.53 Å². The van der Waals surface area contributed by atoms with E-state index in [1.807, 2.05) is 22.3 Å². The van der Waals surface area contributed by atoms with Gasteiger partial charge < -0.3 is 14.6 Å². The van der Waals surface area contributed by atoms with Crippen LogP contribution in [-0.2, 0) is 11.3 Å². The predicted octanol–water partition coefficient (Wildman–Crippen LogP) is 1.48. The van der Waals surface area contributed by atoms with Gasteiger partial charge in [-0.25, -0.2) is 0 Å². The summed E-state index contributed by atoms with van der Waals surface area (Å²) in [6, 6.07) is 1.59. The maximum atomic E-state index is 12.0. The fraction of sp³-hybridized carbons (Fsp3) is 0.417. The van der Waals surface area contributed by atoms with Crippen molar-refractivity contribution in [1.82, 2.24) is 20.1 Å². The van der Waals surface area contributed by atoms with Crippen LogP contribution in [-0.4, -0.2) is 34.4 Å². The summed E-state index contributed by atoms with van der Waals surface area (Å²) in [5.74, 6) is 0.621. The fourth-order valence-corrected chi connectivity index (χ4v) is 2.34. The second-order valence-electron chi connectivity index (χ2n) is 4.08. The topological polar surface area (TPSA) is 69.0 Å². The number of carbonyl (C=O) groups excluding carboxylic acids is 1. The van der Waals surface area contributed by atoms with Gasteiger partial charge in [-0.1, -0.05) is 0 Å². The molecular formula is C12H16N4O2S. The van der Waals surface area contributed by atoms with Gasteiger partial charge in [0.2, 0.25) is 0 Å². The highest BCUT2D eigenvalue weighted by Gasteiger charge is 2.16. The quantitative estimate of drug-likeness (QED) is 0.870. The fourth-order valence-electron chi connectivity index (χ4n) is 1.70. The van der Waals surface area contributed by atoms with E-state index in [2.05, 4.69) is 15.5 Å². The van der Waals surface area contributed by atoms with E-state index < -0.39 is 0 Å². The van der Waals surface area contributed by atoms with E-state index >= 15 is 0 Å². The number of hydrogen-bond donors (Lipinski definition) is 1. The molecule has 0 aliphatic rings. The van der Waals surface area contributed by atoms with Gasteiger partial charge in [0.25, 0.3) is 5.91 Å². The molecule has 0 saturated carbocycles. The first kappa shape index (κ1) is 13.7. The molecule has 1 unspecified atom stereocenters. The molecule has 0 aliphatic carbocycles. The zero-order valence-electron chi connectivity index (χ0n) is 10.9. The number of amides is 1. The molecule has 6 nitrogen and oxygen atoms in total. The summed E-state index contributed by atoms with van der Waals surface area (Å²) in [4.78, 5) is 12.0. The number of nitrogens with one attached hydrogen (secondary N) is 1. The summed E-state index contributed by atoms with van der Waals surface area (Å²) in [7, 11) is 1.64. The number of thiophene rings is 1. The van der Waals surface area contributed by atoms with Gasteiger partial charge in [0, 0.05) is 19.0 Å². The molecule has 2 aromatic rings. The van der Waals surface area contributed by atoms with Crippen LogP contribution in [0.25, 0.3) is 0 Å². The number of methoxy groups -OCH3 is 1. The highest BCUT2D eigenvalue weighted by molar-refractivity contribution is 7.08. The van der Waals surface area contributed by atoms with Crippen LogP contribution in [0.2, 0.25) is 0 Å². The van der Waals surface area contributed by atoms with Gasteiger partial charge in [-0.15, -0.1) is 10.2 Å². The zero-order chi connectivity index (χ0) is 13.7. The van der Waals surface area contributed by atoms with E-state index in [0.29, 0.717) is 18.7 Å². The molecule has 0 radical (unpaired) electrons. The van der Waals surface area contributed by atoms with Gasteiger partial charge in [-0.2, -0.15) is 11.3 Å². The van der Waals surface area contributed by atoms with Crippen molar-refractivity contribution in [2.75, 3.05) is 13.7 Å². The Morgan fingerprint density at radius 1 is 1.63 bits per heavy atom. The van der Waals surface area contributed by atoms with E-state index in [9.17, 15) is 4.79 Å². The highest BCUT2D eigenvalue weighted by atomic mass is 32.1. The summed E-state index contributed by atoms with van der Waals surface area (Å²) >= 11 is 1.50. The van der Waals surface area contributed by atoms with E-state index in [1.54, 1.807) is 19.5 Å². The molecule has 2 rings (SSSR count). The normalized spacial score (nSPS) is 12.3. The lowest BCUT2D eigenvalue weighted by Crippen LogP contribution is -2.28. The molecule has 0 saturated heterocycles. The Labute approximate surface area is 115 Å². The van der Waals surface area contributed by atoms with Crippen LogP contribution in [0.3, 0.4) is 0 Å². The van der Waals surface area contributed by atoms with Crippen LogP contribution in [0.4, 0.5) is 0 Å². The molecule has 2 heterocycles. The van der Waals surface area contributed by atoms with E-state index in [-0.39, 0.29) is 11.9 Å². The minimum atomic E-state index is -0.202. The summed E-state index contributed by atoms with van der Waals surface area (Å²) in [5, 5.41) is 14.5. The van der Waals surface area contributed by atoms with Crippen LogP contribution in [0.5, 0.6) is 0 Å². The van der Waals surface area contributed by atoms with Crippen molar-refractivity contribution in [3.05, 3.63) is 34.5 Å². The monoisotopic (exact) mass is 280 g/mol. The lowest BCUT2D eigenvalue weighted by molar-refractivity contribution is 0.0937. The molecule has 0 fully saturated rings. The Balaban J connectivity index is 2.01. The number of nitrogens with zero attached hydrogens (tertiary/aromatic N) is 3. The standard InChI is InChI=1S/C12H16N4O2S/c1-9(14-12(17)10-3-6-19-7-10)11-15-13-8-16(11)4-5-18-2/h3,6-9H,4-5H2,1-2H3,(H,14,17). The van der Waals surface area contributed by atoms with Crippen molar-refractivity contribution in [3.8, 4) is 0 Å². The third-order valence-electron chi connectivity index (χ3n) is 2.70. The van der Waals surface area contributed by atoms with Gasteiger partial charge in [0.15, 0.2) is 5.82 Å². The number of aromatic nitrogens is 3. The molecule has 0 bridgehead atoms. The molecule has 0 aliphatic heterocycles. The van der Waals surface area contributed by atoms with Crippen molar-refractivity contribution in [3.63, 3.8) is 0 Å². The van der Waals surface area contributed by atoms with E-state index in [4.69, 9.17) is 4.74 Å². The molecule has 1 atom stereocenters. The second-order valence-corrected chi connectivity index (χ2v) is 4.86. The number of carbonyl (C=O) groups is 1. The van der Waals surface area contributed by atoms with Crippen molar-refractivity contribution >= 4 is 17.2 Å². The minimum Gasteiger partial charge on any atom is -0.383 e. The first-order valence-corrected chi connectivity index (χ1v) is 6.86. The molecule has 1 amide bonds. The number of ether oxygens (including phenoxy) is 1. The minimum absolute atomic E-state index is 0.102. The Hall–Kier alpha value is -1.73. The van der Waals surface area contributed by atoms with Gasteiger partial charge in [-0.05, 0) is 18.4 Å². The maximum absolute atomic E-state index is 12.0. The summed E-state index contributed by atoms with van der Waals surface area (Å²) in [6.07, 6.45) is 1.64. The SMILES string of the molecule is COCCn1cnnc1C(C)NC(=O)c1ccsc1. The van der Waals surface area contributed by atoms with Crippen LogP contribution in [0.15, 0.2) is 23.2 Å². The highest BCUT2D eigenvalue weighted by Crippen LogP contribution is 2.12. The molecule has 102 valence electrons. The lowest BCUT2D eigenvalue weighted by Gasteiger charge is -2.14. The third-order valence-corrected chi connectivity index (χ3v) is 3.38. The number of hydrogen-bond acceptors (Lipinski definition) is 5. The molecule has 0 spiro atoms.